The van der Waals surface area contributed by atoms with Gasteiger partial charge >= 0.3 is 0 Å². The van der Waals surface area contributed by atoms with E-state index in [2.05, 4.69) is 23.6 Å². The predicted molar refractivity (Wildman–Crippen MR) is 184 cm³/mol. The molecule has 6 fully saturated rings. The van der Waals surface area contributed by atoms with Crippen LogP contribution in [0.5, 0.6) is 0 Å². The summed E-state index contributed by atoms with van der Waals surface area (Å²) in [6, 6.07) is 4.50. The van der Waals surface area contributed by atoms with Crippen LogP contribution in [0.25, 0.3) is 0 Å². The van der Waals surface area contributed by atoms with Gasteiger partial charge in [0.2, 0.25) is 0 Å². The molecule has 0 radical (unpaired) electrons. The molecule has 0 N–H and O–H groups in total. The summed E-state index contributed by atoms with van der Waals surface area (Å²) in [6.07, 6.45) is 34.7. The lowest BCUT2D eigenvalue weighted by Crippen LogP contribution is -2.59. The molecule has 6 aliphatic rings. The number of ether oxygens (including phenoxy) is 2. The van der Waals surface area contributed by atoms with Gasteiger partial charge in [-0.3, -0.25) is 9.80 Å². The number of methoxy groups -OCH3 is 2. The summed E-state index contributed by atoms with van der Waals surface area (Å²) in [5.41, 5.74) is 0. The molecule has 0 aromatic rings. The Morgan fingerprint density at radius 1 is 0.386 bits per heavy atom. The first-order valence-electron chi connectivity index (χ1n) is 20.2. The molecule has 0 aromatic carbocycles. The van der Waals surface area contributed by atoms with Crippen molar-refractivity contribution in [1.82, 2.24) is 9.80 Å². The molecule has 0 amide bonds. The van der Waals surface area contributed by atoms with Gasteiger partial charge in [0.25, 0.3) is 0 Å². The van der Waals surface area contributed by atoms with E-state index in [1.807, 2.05) is 14.2 Å². The van der Waals surface area contributed by atoms with Crippen LogP contribution in [-0.2, 0) is 9.47 Å². The molecule has 44 heavy (non-hydrogen) atoms. The van der Waals surface area contributed by atoms with Crippen LogP contribution < -0.4 is 0 Å². The summed E-state index contributed by atoms with van der Waals surface area (Å²) in [5, 5.41) is 0. The van der Waals surface area contributed by atoms with Crippen molar-refractivity contribution in [2.24, 2.45) is 23.7 Å². The highest BCUT2D eigenvalue weighted by Gasteiger charge is 2.46. The minimum absolute atomic E-state index is 0.414. The van der Waals surface area contributed by atoms with Crippen LogP contribution in [0.3, 0.4) is 0 Å². The van der Waals surface area contributed by atoms with Gasteiger partial charge in [-0.15, -0.1) is 0 Å². The highest BCUT2D eigenvalue weighted by atomic mass is 16.5. The van der Waals surface area contributed by atoms with Crippen molar-refractivity contribution in [1.29, 1.82) is 0 Å². The van der Waals surface area contributed by atoms with Crippen LogP contribution in [0, 0.1) is 23.7 Å². The topological polar surface area (TPSA) is 24.9 Å². The van der Waals surface area contributed by atoms with Gasteiger partial charge in [0.15, 0.2) is 0 Å². The zero-order chi connectivity index (χ0) is 30.5. The lowest BCUT2D eigenvalue weighted by Gasteiger charge is -2.53. The largest absolute Gasteiger partial charge is 0.380 e. The zero-order valence-corrected chi connectivity index (χ0v) is 29.6. The molecule has 6 aliphatic carbocycles. The maximum absolute atomic E-state index is 6.51. The summed E-state index contributed by atoms with van der Waals surface area (Å²) in [6.45, 7) is 4.96. The maximum Gasteiger partial charge on any atom is 0.0729 e. The van der Waals surface area contributed by atoms with Crippen molar-refractivity contribution >= 4 is 0 Å². The third-order valence-corrected chi connectivity index (χ3v) is 14.4. The van der Waals surface area contributed by atoms with Gasteiger partial charge in [-0.25, -0.2) is 0 Å². The summed E-state index contributed by atoms with van der Waals surface area (Å²) in [7, 11) is 4.09. The molecule has 254 valence electrons. The van der Waals surface area contributed by atoms with E-state index in [0.29, 0.717) is 24.3 Å². The summed E-state index contributed by atoms with van der Waals surface area (Å²) in [4.78, 5) is 6.22. The number of nitrogens with zero attached hydrogens (tertiary/aromatic N) is 2. The molecule has 0 aliphatic heterocycles. The second-order valence-electron chi connectivity index (χ2n) is 17.1. The third kappa shape index (κ3) is 7.92. The van der Waals surface area contributed by atoms with Crippen molar-refractivity contribution in [3.05, 3.63) is 0 Å². The highest BCUT2D eigenvalue weighted by molar-refractivity contribution is 5.00. The fraction of sp³-hybridized carbons (Fsp3) is 1.00. The molecule has 6 unspecified atom stereocenters. The van der Waals surface area contributed by atoms with Crippen molar-refractivity contribution in [3.8, 4) is 0 Å². The Kier molecular flexibility index (Phi) is 12.5. The Labute approximate surface area is 273 Å². The first-order chi connectivity index (χ1) is 21.6. The smallest absolute Gasteiger partial charge is 0.0729 e. The molecule has 6 atom stereocenters. The maximum atomic E-state index is 6.51. The molecule has 0 aromatic heterocycles. The zero-order valence-electron chi connectivity index (χ0n) is 29.6. The van der Waals surface area contributed by atoms with Crippen LogP contribution in [-0.4, -0.2) is 72.5 Å². The van der Waals surface area contributed by atoms with E-state index in [9.17, 15) is 0 Å². The van der Waals surface area contributed by atoms with Crippen molar-refractivity contribution in [3.63, 3.8) is 0 Å². The quantitative estimate of drug-likeness (QED) is 0.259. The SMILES string of the molecule is COC1CC(C2CCC(N(C3CCCCC3)C3CCC(C)CC3)C(OC)C2)CCC1N(C1CCCCC1)C1CCC(C)CC1. The highest BCUT2D eigenvalue weighted by Crippen LogP contribution is 2.46. The van der Waals surface area contributed by atoms with E-state index in [4.69, 9.17) is 9.47 Å². The van der Waals surface area contributed by atoms with E-state index in [1.165, 1.54) is 154 Å². The third-order valence-electron chi connectivity index (χ3n) is 14.4. The van der Waals surface area contributed by atoms with Crippen LogP contribution in [0.2, 0.25) is 0 Å². The van der Waals surface area contributed by atoms with Crippen LogP contribution >= 0.6 is 0 Å². The van der Waals surface area contributed by atoms with Crippen molar-refractivity contribution in [2.75, 3.05) is 14.2 Å². The molecule has 4 heteroatoms. The van der Waals surface area contributed by atoms with Crippen molar-refractivity contribution in [2.45, 2.75) is 216 Å². The van der Waals surface area contributed by atoms with Crippen LogP contribution in [0.4, 0.5) is 0 Å². The monoisotopic (exact) mass is 613 g/mol. The van der Waals surface area contributed by atoms with Gasteiger partial charge in [-0.2, -0.15) is 0 Å². The molecule has 6 saturated carbocycles. The van der Waals surface area contributed by atoms with Crippen molar-refractivity contribution < 1.29 is 9.47 Å². The molecular formula is C40H72N2O2. The van der Waals surface area contributed by atoms with E-state index < -0.39 is 0 Å². The first kappa shape index (κ1) is 33.7. The molecule has 4 nitrogen and oxygen atoms in total. The lowest BCUT2D eigenvalue weighted by molar-refractivity contribution is -0.0973. The molecule has 6 rings (SSSR count). The second kappa shape index (κ2) is 16.3. The molecule has 0 spiro atoms. The van der Waals surface area contributed by atoms with Gasteiger partial charge in [-0.1, -0.05) is 52.4 Å². The van der Waals surface area contributed by atoms with Gasteiger partial charge in [0, 0.05) is 50.5 Å². The normalized spacial score (nSPS) is 42.1. The summed E-state index contributed by atoms with van der Waals surface area (Å²) < 4.78 is 13.0. The molecule has 0 saturated heterocycles. The molecular weight excluding hydrogens is 540 g/mol. The molecule has 0 bridgehead atoms. The Balaban J connectivity index is 1.12. The van der Waals surface area contributed by atoms with Gasteiger partial charge in [0.1, 0.15) is 0 Å². The predicted octanol–water partition coefficient (Wildman–Crippen LogP) is 9.78. The van der Waals surface area contributed by atoms with Gasteiger partial charge < -0.3 is 9.47 Å². The fourth-order valence-electron chi connectivity index (χ4n) is 11.9. The standard InChI is InChI=1S/C40H72N2O2/c1-29-15-21-35(22-16-29)41(33-11-7-5-8-12-33)37-25-19-31(27-39(37)43-3)32-20-26-38(40(28-32)44-4)42(34-13-9-6-10-14-34)36-23-17-30(2)18-24-36/h29-40H,5-28H2,1-4H3. The number of hydrogen-bond acceptors (Lipinski definition) is 4. The minimum atomic E-state index is 0.414. The number of hydrogen-bond donors (Lipinski definition) is 0. The van der Waals surface area contributed by atoms with Crippen LogP contribution in [0.1, 0.15) is 168 Å². The minimum Gasteiger partial charge on any atom is -0.380 e. The average Bonchev–Trinajstić information content (AvgIpc) is 3.08. The fourth-order valence-corrected chi connectivity index (χ4v) is 11.9. The second-order valence-corrected chi connectivity index (χ2v) is 17.1. The van der Waals surface area contributed by atoms with E-state index in [1.54, 1.807) is 0 Å². The Hall–Kier alpha value is -0.160. The first-order valence-corrected chi connectivity index (χ1v) is 20.2. The summed E-state index contributed by atoms with van der Waals surface area (Å²) >= 11 is 0. The Morgan fingerprint density at radius 2 is 0.727 bits per heavy atom. The van der Waals surface area contributed by atoms with E-state index in [-0.39, 0.29) is 0 Å². The Bertz CT molecular complexity index is 755. The van der Waals surface area contributed by atoms with E-state index >= 15 is 0 Å². The average molecular weight is 613 g/mol. The molecule has 0 heterocycles. The number of rotatable bonds is 9. The summed E-state index contributed by atoms with van der Waals surface area (Å²) in [5.74, 6) is 3.47. The van der Waals surface area contributed by atoms with Gasteiger partial charge in [0.05, 0.1) is 12.2 Å². The van der Waals surface area contributed by atoms with E-state index in [0.717, 1.165) is 47.8 Å². The Morgan fingerprint density at radius 3 is 1.07 bits per heavy atom. The van der Waals surface area contributed by atoms with Gasteiger partial charge in [-0.05, 0) is 139 Å². The lowest BCUT2D eigenvalue weighted by atomic mass is 9.68. The van der Waals surface area contributed by atoms with Crippen LogP contribution in [0.15, 0.2) is 0 Å².